The van der Waals surface area contributed by atoms with E-state index >= 15 is 0 Å². The summed E-state index contributed by atoms with van der Waals surface area (Å²) in [7, 11) is 0. The van der Waals surface area contributed by atoms with Crippen LogP contribution in [0.4, 0.5) is 5.69 Å². The number of hydrogen-bond acceptors (Lipinski definition) is 2. The van der Waals surface area contributed by atoms with E-state index in [9.17, 15) is 0 Å². The predicted molar refractivity (Wildman–Crippen MR) is 71.0 cm³/mol. The molecular weight excluding hydrogens is 210 g/mol. The molecule has 3 nitrogen and oxygen atoms in total. The highest BCUT2D eigenvalue weighted by Gasteiger charge is 2.02. The minimum Gasteiger partial charge on any atom is -0.379 e. The lowest BCUT2D eigenvalue weighted by Gasteiger charge is -2.11. The number of rotatable bonds is 5. The third-order valence-electron chi connectivity index (χ3n) is 2.96. The number of aryl methyl sites for hydroxylation is 2. The second kappa shape index (κ2) is 5.53. The SMILES string of the molecule is CCc1ccccc1NCc1ccnn1CC. The number of nitrogens with one attached hydrogen (secondary N) is 1. The molecule has 0 unspecified atom stereocenters. The van der Waals surface area contributed by atoms with Gasteiger partial charge in [0.1, 0.15) is 0 Å². The maximum Gasteiger partial charge on any atom is 0.0575 e. The number of para-hydroxylation sites is 1. The Hall–Kier alpha value is -1.77. The predicted octanol–water partition coefficient (Wildman–Crippen LogP) is 3.08. The van der Waals surface area contributed by atoms with E-state index in [2.05, 4.69) is 54.6 Å². The average Bonchev–Trinajstić information content (AvgIpc) is 2.84. The zero-order valence-corrected chi connectivity index (χ0v) is 10.5. The second-order valence-corrected chi connectivity index (χ2v) is 4.00. The van der Waals surface area contributed by atoms with Gasteiger partial charge in [-0.25, -0.2) is 0 Å². The highest BCUT2D eigenvalue weighted by molar-refractivity contribution is 5.51. The first-order valence-corrected chi connectivity index (χ1v) is 6.17. The number of nitrogens with zero attached hydrogens (tertiary/aromatic N) is 2. The van der Waals surface area contributed by atoms with Gasteiger partial charge in [-0.3, -0.25) is 4.68 Å². The zero-order valence-electron chi connectivity index (χ0n) is 10.5. The zero-order chi connectivity index (χ0) is 12.1. The molecule has 0 aliphatic carbocycles. The van der Waals surface area contributed by atoms with E-state index < -0.39 is 0 Å². The normalized spacial score (nSPS) is 10.5. The molecule has 2 aromatic rings. The summed E-state index contributed by atoms with van der Waals surface area (Å²) in [5.41, 5.74) is 3.80. The summed E-state index contributed by atoms with van der Waals surface area (Å²) in [4.78, 5) is 0. The third-order valence-corrected chi connectivity index (χ3v) is 2.96. The van der Waals surface area contributed by atoms with Crippen molar-refractivity contribution in [3.05, 3.63) is 47.8 Å². The van der Waals surface area contributed by atoms with Gasteiger partial charge in [-0.15, -0.1) is 0 Å². The summed E-state index contributed by atoms with van der Waals surface area (Å²) in [6.45, 7) is 6.03. The maximum atomic E-state index is 4.27. The van der Waals surface area contributed by atoms with Gasteiger partial charge in [0.25, 0.3) is 0 Å². The molecule has 3 heteroatoms. The lowest BCUT2D eigenvalue weighted by molar-refractivity contribution is 0.627. The molecule has 0 radical (unpaired) electrons. The molecule has 1 N–H and O–H groups in total. The van der Waals surface area contributed by atoms with Crippen molar-refractivity contribution in [3.8, 4) is 0 Å². The van der Waals surface area contributed by atoms with Crippen molar-refractivity contribution in [2.24, 2.45) is 0 Å². The molecule has 90 valence electrons. The van der Waals surface area contributed by atoms with Crippen LogP contribution in [0, 0.1) is 0 Å². The van der Waals surface area contributed by atoms with Crippen LogP contribution in [-0.4, -0.2) is 9.78 Å². The molecule has 0 fully saturated rings. The Labute approximate surface area is 102 Å². The van der Waals surface area contributed by atoms with Crippen LogP contribution in [0.15, 0.2) is 36.5 Å². The number of benzene rings is 1. The molecule has 2 rings (SSSR count). The van der Waals surface area contributed by atoms with Crippen molar-refractivity contribution >= 4 is 5.69 Å². The maximum absolute atomic E-state index is 4.27. The van der Waals surface area contributed by atoms with Crippen LogP contribution in [0.1, 0.15) is 25.1 Å². The van der Waals surface area contributed by atoms with Gasteiger partial charge in [0.05, 0.1) is 12.2 Å². The fourth-order valence-corrected chi connectivity index (χ4v) is 1.98. The van der Waals surface area contributed by atoms with Gasteiger partial charge in [0, 0.05) is 18.4 Å². The van der Waals surface area contributed by atoms with E-state index in [4.69, 9.17) is 0 Å². The van der Waals surface area contributed by atoms with Crippen LogP contribution >= 0.6 is 0 Å². The molecule has 1 aromatic heterocycles. The smallest absolute Gasteiger partial charge is 0.0575 e. The van der Waals surface area contributed by atoms with Crippen molar-refractivity contribution in [2.75, 3.05) is 5.32 Å². The fourth-order valence-electron chi connectivity index (χ4n) is 1.98. The molecule has 17 heavy (non-hydrogen) atoms. The Morgan fingerprint density at radius 3 is 2.76 bits per heavy atom. The summed E-state index contributed by atoms with van der Waals surface area (Å²) < 4.78 is 2.02. The molecule has 0 spiro atoms. The molecule has 1 aromatic carbocycles. The van der Waals surface area contributed by atoms with Crippen LogP contribution in [0.3, 0.4) is 0 Å². The first-order valence-electron chi connectivity index (χ1n) is 6.17. The molecule has 0 amide bonds. The van der Waals surface area contributed by atoms with E-state index in [1.54, 1.807) is 0 Å². The quantitative estimate of drug-likeness (QED) is 0.854. The highest BCUT2D eigenvalue weighted by Crippen LogP contribution is 2.16. The Kier molecular flexibility index (Phi) is 3.81. The van der Waals surface area contributed by atoms with Gasteiger partial charge in [-0.2, -0.15) is 5.10 Å². The van der Waals surface area contributed by atoms with Crippen LogP contribution in [0.5, 0.6) is 0 Å². The van der Waals surface area contributed by atoms with E-state index in [0.29, 0.717) is 0 Å². The Morgan fingerprint density at radius 1 is 1.18 bits per heavy atom. The third kappa shape index (κ3) is 2.67. The van der Waals surface area contributed by atoms with Crippen molar-refractivity contribution < 1.29 is 0 Å². The molecule has 0 aliphatic rings. The van der Waals surface area contributed by atoms with Crippen molar-refractivity contribution in [3.63, 3.8) is 0 Å². The summed E-state index contributed by atoms with van der Waals surface area (Å²) in [5.74, 6) is 0. The van der Waals surface area contributed by atoms with E-state index in [-0.39, 0.29) is 0 Å². The van der Waals surface area contributed by atoms with Gasteiger partial charge < -0.3 is 5.32 Å². The van der Waals surface area contributed by atoms with Crippen molar-refractivity contribution in [1.29, 1.82) is 0 Å². The van der Waals surface area contributed by atoms with Crippen molar-refractivity contribution in [2.45, 2.75) is 33.4 Å². The van der Waals surface area contributed by atoms with Crippen LogP contribution in [-0.2, 0) is 19.5 Å². The van der Waals surface area contributed by atoms with Gasteiger partial charge in [0.2, 0.25) is 0 Å². The van der Waals surface area contributed by atoms with Crippen molar-refractivity contribution in [1.82, 2.24) is 9.78 Å². The minimum atomic E-state index is 0.824. The molecule has 0 atom stereocenters. The van der Waals surface area contributed by atoms with Gasteiger partial charge >= 0.3 is 0 Å². The Bertz CT molecular complexity index is 474. The van der Waals surface area contributed by atoms with Crippen LogP contribution in [0.2, 0.25) is 0 Å². The Morgan fingerprint density at radius 2 is 2.00 bits per heavy atom. The van der Waals surface area contributed by atoms with Gasteiger partial charge in [-0.1, -0.05) is 25.1 Å². The summed E-state index contributed by atoms with van der Waals surface area (Å²) in [5, 5.41) is 7.75. The molecule has 1 heterocycles. The monoisotopic (exact) mass is 229 g/mol. The molecule has 0 aliphatic heterocycles. The molecule has 0 saturated heterocycles. The first kappa shape index (κ1) is 11.7. The lowest BCUT2D eigenvalue weighted by atomic mass is 10.1. The van der Waals surface area contributed by atoms with Crippen LogP contribution < -0.4 is 5.32 Å². The highest BCUT2D eigenvalue weighted by atomic mass is 15.3. The lowest BCUT2D eigenvalue weighted by Crippen LogP contribution is -2.08. The summed E-state index contributed by atoms with van der Waals surface area (Å²) in [6.07, 6.45) is 2.91. The van der Waals surface area contributed by atoms with E-state index in [1.165, 1.54) is 16.9 Å². The average molecular weight is 229 g/mol. The first-order chi connectivity index (χ1) is 8.35. The van der Waals surface area contributed by atoms with Gasteiger partial charge in [0.15, 0.2) is 0 Å². The molecule has 0 saturated carbocycles. The summed E-state index contributed by atoms with van der Waals surface area (Å²) in [6, 6.07) is 10.5. The number of anilines is 1. The fraction of sp³-hybridized carbons (Fsp3) is 0.357. The number of aromatic nitrogens is 2. The topological polar surface area (TPSA) is 29.9 Å². The second-order valence-electron chi connectivity index (χ2n) is 4.00. The minimum absolute atomic E-state index is 0.824. The van der Waals surface area contributed by atoms with Crippen LogP contribution in [0.25, 0.3) is 0 Å². The van der Waals surface area contributed by atoms with E-state index in [1.807, 2.05) is 10.9 Å². The Balaban J connectivity index is 2.07. The number of hydrogen-bond donors (Lipinski definition) is 1. The standard InChI is InChI=1S/C14H19N3/c1-3-12-7-5-6-8-14(12)15-11-13-9-10-16-17(13)4-2/h5-10,15H,3-4,11H2,1-2H3. The summed E-state index contributed by atoms with van der Waals surface area (Å²) >= 11 is 0. The van der Waals surface area contributed by atoms with E-state index in [0.717, 1.165) is 19.5 Å². The van der Waals surface area contributed by atoms with Gasteiger partial charge in [-0.05, 0) is 31.0 Å². The molecule has 0 bridgehead atoms. The molecular formula is C14H19N3. The largest absolute Gasteiger partial charge is 0.379 e.